The molecule has 5 aromatic carbocycles. The van der Waals surface area contributed by atoms with Gasteiger partial charge in [-0.2, -0.15) is 0 Å². The van der Waals surface area contributed by atoms with Gasteiger partial charge in [0, 0.05) is 0 Å². The first-order valence-electron chi connectivity index (χ1n) is 21.0. The van der Waals surface area contributed by atoms with Gasteiger partial charge < -0.3 is 0 Å². The first kappa shape index (κ1) is 53.1. The minimum absolute atomic E-state index is 0. The summed E-state index contributed by atoms with van der Waals surface area (Å²) in [6.07, 6.45) is 0. The Morgan fingerprint density at radius 3 is 0.649 bits per heavy atom. The SMILES string of the molecule is C.Cc1ccc(C(C)(C)C)c(C)c1.Cc1ccc(C(C)(C)C)c(C)c1.Cc1ccc(C(C)(C)C)c(C)c1.Cc1ccc(C(C)C)cc1.Cc1ccc(C(C)C)cc1. The van der Waals surface area contributed by atoms with Crippen molar-refractivity contribution in [1.29, 1.82) is 0 Å². The third-order valence-electron chi connectivity index (χ3n) is 10.1. The van der Waals surface area contributed by atoms with Gasteiger partial charge in [0.2, 0.25) is 0 Å². The van der Waals surface area contributed by atoms with Crippen LogP contribution in [0.25, 0.3) is 0 Å². The fourth-order valence-electron chi connectivity index (χ4n) is 6.87. The molecule has 0 radical (unpaired) electrons. The van der Waals surface area contributed by atoms with Gasteiger partial charge in [0.15, 0.2) is 0 Å². The van der Waals surface area contributed by atoms with Crippen LogP contribution in [-0.2, 0) is 16.2 Å². The summed E-state index contributed by atoms with van der Waals surface area (Å²) in [4.78, 5) is 0. The van der Waals surface area contributed by atoms with Crippen LogP contribution >= 0.6 is 0 Å². The molecule has 314 valence electrons. The van der Waals surface area contributed by atoms with Crippen LogP contribution in [0.4, 0.5) is 0 Å². The summed E-state index contributed by atoms with van der Waals surface area (Å²) in [7, 11) is 0. The fourth-order valence-corrected chi connectivity index (χ4v) is 6.87. The zero-order chi connectivity index (χ0) is 43.2. The number of hydrogen-bond acceptors (Lipinski definition) is 0. The van der Waals surface area contributed by atoms with Crippen molar-refractivity contribution in [1.82, 2.24) is 0 Å². The molecule has 0 aliphatic rings. The van der Waals surface area contributed by atoms with Crippen molar-refractivity contribution in [2.24, 2.45) is 0 Å². The number of aryl methyl sites for hydroxylation is 8. The standard InChI is InChI=1S/3C12H18.2C10H14.CH4/c3*1-9-6-7-11(10(2)8-9)12(3,4)5;2*1-8(2)10-6-4-9(3)5-7-10;/h3*6-8H,1-5H3;2*4-8H,1-3H3;1H4. The van der Waals surface area contributed by atoms with Crippen molar-refractivity contribution >= 4 is 0 Å². The fraction of sp³-hybridized carbons (Fsp3) is 0.474. The molecule has 0 aliphatic carbocycles. The molecular weight excluding hydrogens is 685 g/mol. The van der Waals surface area contributed by atoms with E-state index >= 15 is 0 Å². The van der Waals surface area contributed by atoms with Gasteiger partial charge in [-0.15, -0.1) is 0 Å². The zero-order valence-electron chi connectivity index (χ0n) is 40.0. The van der Waals surface area contributed by atoms with Crippen LogP contribution in [0.5, 0.6) is 0 Å². The van der Waals surface area contributed by atoms with Crippen molar-refractivity contribution in [2.45, 2.75) is 181 Å². The van der Waals surface area contributed by atoms with Gasteiger partial charge in [-0.3, -0.25) is 0 Å². The number of rotatable bonds is 2. The predicted octanol–water partition coefficient (Wildman–Crippen LogP) is 17.7. The van der Waals surface area contributed by atoms with E-state index in [-0.39, 0.29) is 23.7 Å². The second-order valence-corrected chi connectivity index (χ2v) is 19.8. The van der Waals surface area contributed by atoms with Crippen LogP contribution < -0.4 is 0 Å². The molecule has 0 saturated heterocycles. The highest BCUT2D eigenvalue weighted by Crippen LogP contribution is 2.28. The lowest BCUT2D eigenvalue weighted by molar-refractivity contribution is 0.585. The van der Waals surface area contributed by atoms with Crippen LogP contribution in [-0.4, -0.2) is 0 Å². The second kappa shape index (κ2) is 23.5. The third-order valence-corrected chi connectivity index (χ3v) is 10.1. The Balaban J connectivity index is 0.000000686. The quantitative estimate of drug-likeness (QED) is 0.168. The largest absolute Gasteiger partial charge is 0.0776 e. The third kappa shape index (κ3) is 19.9. The van der Waals surface area contributed by atoms with Crippen molar-refractivity contribution in [3.8, 4) is 0 Å². The lowest BCUT2D eigenvalue weighted by atomic mass is 9.84. The van der Waals surface area contributed by atoms with Crippen LogP contribution in [0.15, 0.2) is 103 Å². The van der Waals surface area contributed by atoms with Crippen molar-refractivity contribution < 1.29 is 0 Å². The highest BCUT2D eigenvalue weighted by molar-refractivity contribution is 5.37. The predicted molar refractivity (Wildman–Crippen MR) is 261 cm³/mol. The van der Waals surface area contributed by atoms with Crippen molar-refractivity contribution in [2.75, 3.05) is 0 Å². The highest BCUT2D eigenvalue weighted by Gasteiger charge is 2.17. The summed E-state index contributed by atoms with van der Waals surface area (Å²) in [6, 6.07) is 37.5. The van der Waals surface area contributed by atoms with E-state index in [0.717, 1.165) is 0 Å². The second-order valence-electron chi connectivity index (χ2n) is 19.8. The molecule has 0 heterocycles. The molecule has 0 nitrogen and oxygen atoms in total. The number of benzene rings is 5. The van der Waals surface area contributed by atoms with Crippen LogP contribution in [0.1, 0.15) is 182 Å². The molecular formula is C57H86. The molecule has 0 amide bonds. The Bertz CT molecular complexity index is 1680. The van der Waals surface area contributed by atoms with Gasteiger partial charge in [-0.25, -0.2) is 0 Å². The Morgan fingerprint density at radius 2 is 0.491 bits per heavy atom. The van der Waals surface area contributed by atoms with E-state index in [1.54, 1.807) is 0 Å². The maximum absolute atomic E-state index is 2.25. The Morgan fingerprint density at radius 1 is 0.298 bits per heavy atom. The maximum Gasteiger partial charge on any atom is -0.0129 e. The molecule has 0 atom stereocenters. The molecule has 0 unspecified atom stereocenters. The van der Waals surface area contributed by atoms with Gasteiger partial charge >= 0.3 is 0 Å². The lowest BCUT2D eigenvalue weighted by Gasteiger charge is -2.21. The van der Waals surface area contributed by atoms with Gasteiger partial charge in [0.05, 0.1) is 0 Å². The van der Waals surface area contributed by atoms with Gasteiger partial charge in [0.1, 0.15) is 0 Å². The minimum Gasteiger partial charge on any atom is -0.0776 e. The number of hydrogen-bond donors (Lipinski definition) is 0. The molecule has 0 fully saturated rings. The summed E-state index contributed by atoms with van der Waals surface area (Å²) in [5, 5.41) is 0. The molecule has 0 N–H and O–H groups in total. The average Bonchev–Trinajstić information content (AvgIpc) is 3.04. The van der Waals surface area contributed by atoms with E-state index in [1.807, 2.05) is 0 Å². The summed E-state index contributed by atoms with van der Waals surface area (Å²) >= 11 is 0. The first-order chi connectivity index (χ1) is 25.6. The van der Waals surface area contributed by atoms with E-state index in [1.165, 1.54) is 72.3 Å². The Kier molecular flexibility index (Phi) is 21.9. The molecule has 0 bridgehead atoms. The van der Waals surface area contributed by atoms with Gasteiger partial charge in [0.25, 0.3) is 0 Å². The van der Waals surface area contributed by atoms with Crippen molar-refractivity contribution in [3.05, 3.63) is 175 Å². The van der Waals surface area contributed by atoms with E-state index in [0.29, 0.717) is 11.8 Å². The highest BCUT2D eigenvalue weighted by atomic mass is 14.2. The van der Waals surface area contributed by atoms with Gasteiger partial charge in [-0.1, -0.05) is 228 Å². The molecule has 0 aromatic heterocycles. The molecule has 57 heavy (non-hydrogen) atoms. The smallest absolute Gasteiger partial charge is 0.0129 e. The molecule has 0 heteroatoms. The van der Waals surface area contributed by atoms with E-state index in [9.17, 15) is 0 Å². The lowest BCUT2D eigenvalue weighted by Crippen LogP contribution is -2.12. The molecule has 0 spiro atoms. The Hall–Kier alpha value is -3.90. The van der Waals surface area contributed by atoms with Crippen molar-refractivity contribution in [3.63, 3.8) is 0 Å². The van der Waals surface area contributed by atoms with E-state index < -0.39 is 0 Å². The summed E-state index contributed by atoms with van der Waals surface area (Å²) in [5.41, 5.74) is 19.0. The molecule has 0 saturated carbocycles. The van der Waals surface area contributed by atoms with E-state index in [4.69, 9.17) is 0 Å². The van der Waals surface area contributed by atoms with Crippen LogP contribution in [0.3, 0.4) is 0 Å². The normalized spacial score (nSPS) is 11.1. The average molecular weight is 771 g/mol. The molecule has 5 rings (SSSR count). The van der Waals surface area contributed by atoms with Crippen LogP contribution in [0, 0.1) is 55.4 Å². The zero-order valence-corrected chi connectivity index (χ0v) is 40.0. The summed E-state index contributed by atoms with van der Waals surface area (Å²) in [5.74, 6) is 1.31. The molecule has 5 aromatic rings. The summed E-state index contributed by atoms with van der Waals surface area (Å²) in [6.45, 7) is 46.4. The van der Waals surface area contributed by atoms with E-state index in [2.05, 4.69) is 249 Å². The first-order valence-corrected chi connectivity index (χ1v) is 21.0. The van der Waals surface area contributed by atoms with Gasteiger partial charge in [-0.05, 0) is 128 Å². The molecule has 0 aliphatic heterocycles. The topological polar surface area (TPSA) is 0 Å². The summed E-state index contributed by atoms with van der Waals surface area (Å²) < 4.78 is 0. The Labute approximate surface area is 355 Å². The van der Waals surface area contributed by atoms with Crippen LogP contribution in [0.2, 0.25) is 0 Å². The minimum atomic E-state index is 0. The maximum atomic E-state index is 2.25. The monoisotopic (exact) mass is 771 g/mol.